The molecular weight excluding hydrogens is 496 g/mol. The normalized spacial score (nSPS) is 13.2. The highest BCUT2D eigenvalue weighted by atomic mass is 16.5. The molecule has 1 aliphatic heterocycles. The van der Waals surface area contributed by atoms with Gasteiger partial charge in [-0.15, -0.1) is 0 Å². The summed E-state index contributed by atoms with van der Waals surface area (Å²) in [4.78, 5) is 33.5. The van der Waals surface area contributed by atoms with Gasteiger partial charge >= 0.3 is 0 Å². The summed E-state index contributed by atoms with van der Waals surface area (Å²) in [5.74, 6) is 6.42. The third-order valence-electron chi connectivity index (χ3n) is 6.00. The van der Waals surface area contributed by atoms with Crippen molar-refractivity contribution in [3.05, 3.63) is 78.6 Å². The van der Waals surface area contributed by atoms with E-state index in [4.69, 9.17) is 14.2 Å². The van der Waals surface area contributed by atoms with Crippen LogP contribution < -0.4 is 20.1 Å². The first kappa shape index (κ1) is 25.7. The van der Waals surface area contributed by atoms with E-state index in [1.54, 1.807) is 80.0 Å². The third-order valence-corrected chi connectivity index (χ3v) is 6.00. The molecule has 0 atom stereocenters. The second-order valence-corrected chi connectivity index (χ2v) is 8.73. The molecule has 0 unspecified atom stereocenters. The zero-order chi connectivity index (χ0) is 27.0. The summed E-state index contributed by atoms with van der Waals surface area (Å²) in [5, 5.41) is 6.25. The van der Waals surface area contributed by atoms with Gasteiger partial charge < -0.3 is 24.8 Å². The maximum Gasteiger partial charge on any atom is 0.300 e. The summed E-state index contributed by atoms with van der Waals surface area (Å²) in [5.41, 5.74) is 1.58. The zero-order valence-corrected chi connectivity index (χ0v) is 21.3. The van der Waals surface area contributed by atoms with Crippen molar-refractivity contribution >= 4 is 34.2 Å². The van der Waals surface area contributed by atoms with Crippen LogP contribution in [0.1, 0.15) is 30.1 Å². The van der Waals surface area contributed by atoms with E-state index in [9.17, 15) is 9.59 Å². The lowest BCUT2D eigenvalue weighted by molar-refractivity contribution is -0.111. The molecule has 3 heterocycles. The fraction of sp³-hybridized carbons (Fsp3) is 0.200. The molecule has 1 aliphatic rings. The molecule has 0 aliphatic carbocycles. The highest BCUT2D eigenvalue weighted by molar-refractivity contribution is 6.06. The van der Waals surface area contributed by atoms with Gasteiger partial charge in [0.05, 0.1) is 24.4 Å². The summed E-state index contributed by atoms with van der Waals surface area (Å²) in [6, 6.07) is 17.4. The third kappa shape index (κ3) is 6.50. The summed E-state index contributed by atoms with van der Waals surface area (Å²) >= 11 is 0. The van der Waals surface area contributed by atoms with Crippen molar-refractivity contribution in [2.75, 3.05) is 23.8 Å². The minimum Gasteiger partial charge on any atom is -0.488 e. The van der Waals surface area contributed by atoms with Crippen molar-refractivity contribution in [1.29, 1.82) is 0 Å². The van der Waals surface area contributed by atoms with Crippen LogP contribution in [0.2, 0.25) is 0 Å². The molecule has 9 heteroatoms. The van der Waals surface area contributed by atoms with Crippen molar-refractivity contribution in [2.24, 2.45) is 0 Å². The summed E-state index contributed by atoms with van der Waals surface area (Å²) < 4.78 is 17.8. The van der Waals surface area contributed by atoms with Crippen LogP contribution in [0.4, 0.5) is 11.5 Å². The molecule has 1 saturated heterocycles. The van der Waals surface area contributed by atoms with Crippen molar-refractivity contribution in [3.63, 3.8) is 0 Å². The number of amides is 2. The van der Waals surface area contributed by atoms with Gasteiger partial charge in [0.15, 0.2) is 0 Å². The van der Waals surface area contributed by atoms with E-state index < -0.39 is 5.91 Å². The minimum absolute atomic E-state index is 0.0306. The Morgan fingerprint density at radius 3 is 2.51 bits per heavy atom. The number of aromatic nitrogens is 2. The lowest BCUT2D eigenvalue weighted by atomic mass is 10.1. The van der Waals surface area contributed by atoms with E-state index in [0.717, 1.165) is 12.8 Å². The van der Waals surface area contributed by atoms with Gasteiger partial charge in [-0.05, 0) is 61.4 Å². The van der Waals surface area contributed by atoms with Gasteiger partial charge in [-0.2, -0.15) is 0 Å². The van der Waals surface area contributed by atoms with Crippen LogP contribution in [0, 0.1) is 11.8 Å². The Bertz CT molecular complexity index is 1540. The predicted molar refractivity (Wildman–Crippen MR) is 147 cm³/mol. The molecule has 2 N–H and O–H groups in total. The first-order valence-electron chi connectivity index (χ1n) is 12.5. The monoisotopic (exact) mass is 522 g/mol. The molecule has 9 nitrogen and oxygen atoms in total. The standard InChI is InChI=1S/C30H26N4O5/c1-2-5-29(35)33-25-18-23-24(19-27(25)39-22-12-16-37-17-13-22)31-15-11-26(23)38-21-9-7-20(8-10-21)30(36)34-28-6-3-4-14-32-28/h3-4,6-11,14-15,18-19,22H,12-13,16-17H2,1H3,(H,33,35)(H,32,34,36). The SMILES string of the molecule is CC#CC(=O)Nc1cc2c(Oc3ccc(C(=O)Nc4ccccn4)cc3)ccnc2cc1OC1CCOCC1. The molecule has 5 rings (SSSR count). The second-order valence-electron chi connectivity index (χ2n) is 8.73. The van der Waals surface area contributed by atoms with Gasteiger partial charge in [0.25, 0.3) is 11.8 Å². The van der Waals surface area contributed by atoms with Gasteiger partial charge in [-0.1, -0.05) is 12.0 Å². The number of ether oxygens (including phenoxy) is 3. The number of benzene rings is 2. The van der Waals surface area contributed by atoms with Gasteiger partial charge in [-0.3, -0.25) is 14.6 Å². The van der Waals surface area contributed by atoms with Crippen LogP contribution >= 0.6 is 0 Å². The highest BCUT2D eigenvalue weighted by Gasteiger charge is 2.19. The van der Waals surface area contributed by atoms with E-state index >= 15 is 0 Å². The summed E-state index contributed by atoms with van der Waals surface area (Å²) in [6.45, 7) is 2.85. The zero-order valence-electron chi connectivity index (χ0n) is 21.3. The largest absolute Gasteiger partial charge is 0.488 e. The molecule has 2 amide bonds. The molecule has 4 aromatic rings. The van der Waals surface area contributed by atoms with Gasteiger partial charge in [-0.25, -0.2) is 4.98 Å². The minimum atomic E-state index is -0.445. The average molecular weight is 523 g/mol. The Kier molecular flexibility index (Phi) is 7.95. The molecule has 196 valence electrons. The van der Waals surface area contributed by atoms with E-state index in [0.29, 0.717) is 58.4 Å². The first-order valence-corrected chi connectivity index (χ1v) is 12.5. The molecule has 2 aromatic heterocycles. The Morgan fingerprint density at radius 2 is 1.77 bits per heavy atom. The van der Waals surface area contributed by atoms with Crippen LogP contribution in [-0.2, 0) is 9.53 Å². The lowest BCUT2D eigenvalue weighted by Crippen LogP contribution is -2.26. The predicted octanol–water partition coefficient (Wildman–Crippen LogP) is 5.19. The van der Waals surface area contributed by atoms with E-state index in [1.807, 2.05) is 0 Å². The second kappa shape index (κ2) is 12.1. The fourth-order valence-corrected chi connectivity index (χ4v) is 4.10. The first-order chi connectivity index (χ1) is 19.1. The number of carbonyl (C=O) groups is 2. The average Bonchev–Trinajstić information content (AvgIpc) is 2.95. The number of carbonyl (C=O) groups excluding carboxylic acids is 2. The van der Waals surface area contributed by atoms with Crippen molar-refractivity contribution in [2.45, 2.75) is 25.9 Å². The van der Waals surface area contributed by atoms with Gasteiger partial charge in [0.2, 0.25) is 0 Å². The van der Waals surface area contributed by atoms with Crippen LogP contribution in [0.25, 0.3) is 10.9 Å². The van der Waals surface area contributed by atoms with E-state index in [1.165, 1.54) is 0 Å². The molecule has 0 radical (unpaired) electrons. The number of hydrogen-bond donors (Lipinski definition) is 2. The molecular formula is C30H26N4O5. The Morgan fingerprint density at radius 1 is 0.949 bits per heavy atom. The van der Waals surface area contributed by atoms with Crippen molar-refractivity contribution in [3.8, 4) is 29.1 Å². The number of rotatable bonds is 7. The number of anilines is 2. The van der Waals surface area contributed by atoms with Gasteiger partial charge in [0, 0.05) is 42.3 Å². The molecule has 39 heavy (non-hydrogen) atoms. The van der Waals surface area contributed by atoms with Crippen LogP contribution in [0.5, 0.6) is 17.2 Å². The summed E-state index contributed by atoms with van der Waals surface area (Å²) in [6.07, 6.45) is 4.74. The Hall–Kier alpha value is -4.94. The number of hydrogen-bond acceptors (Lipinski definition) is 7. The van der Waals surface area contributed by atoms with Gasteiger partial charge in [0.1, 0.15) is 29.2 Å². The summed E-state index contributed by atoms with van der Waals surface area (Å²) in [7, 11) is 0. The number of nitrogens with one attached hydrogen (secondary N) is 2. The van der Waals surface area contributed by atoms with E-state index in [-0.39, 0.29) is 12.0 Å². The topological polar surface area (TPSA) is 112 Å². The van der Waals surface area contributed by atoms with E-state index in [2.05, 4.69) is 32.4 Å². The van der Waals surface area contributed by atoms with Crippen LogP contribution in [0.15, 0.2) is 73.1 Å². The Labute approximate surface area is 225 Å². The maximum absolute atomic E-state index is 12.5. The van der Waals surface area contributed by atoms with Crippen LogP contribution in [-0.4, -0.2) is 41.1 Å². The fourth-order valence-electron chi connectivity index (χ4n) is 4.10. The maximum atomic E-state index is 12.5. The number of pyridine rings is 2. The number of nitrogens with zero attached hydrogens (tertiary/aromatic N) is 2. The lowest BCUT2D eigenvalue weighted by Gasteiger charge is -2.24. The number of fused-ring (bicyclic) bond motifs is 1. The molecule has 2 aromatic carbocycles. The Balaban J connectivity index is 1.40. The molecule has 0 bridgehead atoms. The molecule has 1 fully saturated rings. The highest BCUT2D eigenvalue weighted by Crippen LogP contribution is 2.37. The smallest absolute Gasteiger partial charge is 0.300 e. The van der Waals surface area contributed by atoms with Crippen LogP contribution in [0.3, 0.4) is 0 Å². The van der Waals surface area contributed by atoms with Crippen molar-refractivity contribution in [1.82, 2.24) is 9.97 Å². The molecule has 0 saturated carbocycles. The molecule has 0 spiro atoms. The van der Waals surface area contributed by atoms with Crippen molar-refractivity contribution < 1.29 is 23.8 Å². The quantitative estimate of drug-likeness (QED) is 0.321.